The highest BCUT2D eigenvalue weighted by Gasteiger charge is 2.34. The smallest absolute Gasteiger partial charge is 0.0640 e. The van der Waals surface area contributed by atoms with Gasteiger partial charge in [-0.05, 0) is 62.1 Å². The minimum atomic E-state index is 0.629. The van der Waals surface area contributed by atoms with Gasteiger partial charge in [-0.2, -0.15) is 0 Å². The average Bonchev–Trinajstić information content (AvgIpc) is 3.17. The molecular formula is C16H22ClN. The summed E-state index contributed by atoms with van der Waals surface area (Å²) in [5.74, 6) is 2.02. The maximum absolute atomic E-state index is 6.30. The predicted molar refractivity (Wildman–Crippen MR) is 78.3 cm³/mol. The first-order valence-electron chi connectivity index (χ1n) is 7.25. The summed E-state index contributed by atoms with van der Waals surface area (Å²) in [4.78, 5) is 0. The van der Waals surface area contributed by atoms with E-state index in [0.717, 1.165) is 22.5 Å². The first kappa shape index (κ1) is 12.3. The lowest BCUT2D eigenvalue weighted by Gasteiger charge is -2.30. The molecule has 2 saturated carbocycles. The van der Waals surface area contributed by atoms with E-state index in [-0.39, 0.29) is 0 Å². The van der Waals surface area contributed by atoms with E-state index in [2.05, 4.69) is 24.4 Å². The second-order valence-corrected chi connectivity index (χ2v) is 6.50. The first-order chi connectivity index (χ1) is 8.72. The molecule has 0 radical (unpaired) electrons. The van der Waals surface area contributed by atoms with Gasteiger partial charge < -0.3 is 5.32 Å². The fourth-order valence-corrected chi connectivity index (χ4v) is 3.60. The molecule has 2 aliphatic rings. The van der Waals surface area contributed by atoms with E-state index in [0.29, 0.717) is 6.04 Å². The van der Waals surface area contributed by atoms with Crippen molar-refractivity contribution in [2.45, 2.75) is 51.5 Å². The number of nitrogens with one attached hydrogen (secondary N) is 1. The third-order valence-corrected chi connectivity index (χ3v) is 4.80. The van der Waals surface area contributed by atoms with Gasteiger partial charge >= 0.3 is 0 Å². The van der Waals surface area contributed by atoms with Crippen LogP contribution >= 0.6 is 11.6 Å². The Bertz CT molecular complexity index is 425. The molecule has 18 heavy (non-hydrogen) atoms. The first-order valence-corrected chi connectivity index (χ1v) is 7.63. The van der Waals surface area contributed by atoms with Gasteiger partial charge in [0, 0.05) is 6.04 Å². The van der Waals surface area contributed by atoms with Gasteiger partial charge in [0.25, 0.3) is 0 Å². The van der Waals surface area contributed by atoms with Crippen molar-refractivity contribution in [2.24, 2.45) is 11.8 Å². The molecule has 0 amide bonds. The van der Waals surface area contributed by atoms with Crippen LogP contribution in [0.1, 0.15) is 44.1 Å². The van der Waals surface area contributed by atoms with Gasteiger partial charge in [-0.15, -0.1) is 0 Å². The Balaban J connectivity index is 1.64. The second-order valence-electron chi connectivity index (χ2n) is 6.09. The van der Waals surface area contributed by atoms with Crippen LogP contribution in [0.15, 0.2) is 18.2 Å². The number of rotatable bonds is 3. The second kappa shape index (κ2) is 5.13. The molecule has 2 fully saturated rings. The van der Waals surface area contributed by atoms with Gasteiger partial charge in [0.05, 0.1) is 10.7 Å². The summed E-state index contributed by atoms with van der Waals surface area (Å²) < 4.78 is 0. The molecule has 98 valence electrons. The minimum absolute atomic E-state index is 0.629. The van der Waals surface area contributed by atoms with Crippen LogP contribution < -0.4 is 5.32 Å². The zero-order chi connectivity index (χ0) is 12.5. The molecule has 0 saturated heterocycles. The van der Waals surface area contributed by atoms with Gasteiger partial charge in [-0.25, -0.2) is 0 Å². The highest BCUT2D eigenvalue weighted by atomic mass is 35.5. The summed E-state index contributed by atoms with van der Waals surface area (Å²) in [5, 5.41) is 4.52. The Labute approximate surface area is 115 Å². The van der Waals surface area contributed by atoms with Crippen LogP contribution in [0.3, 0.4) is 0 Å². The molecule has 1 nitrogen and oxygen atoms in total. The maximum atomic E-state index is 6.30. The van der Waals surface area contributed by atoms with Gasteiger partial charge in [0.2, 0.25) is 0 Å². The highest BCUT2D eigenvalue weighted by Crippen LogP contribution is 2.44. The molecule has 2 heteroatoms. The van der Waals surface area contributed by atoms with Crippen molar-refractivity contribution < 1.29 is 0 Å². The Kier molecular flexibility index (Phi) is 3.52. The number of anilines is 1. The van der Waals surface area contributed by atoms with E-state index in [1.165, 1.54) is 44.1 Å². The zero-order valence-corrected chi connectivity index (χ0v) is 11.8. The van der Waals surface area contributed by atoms with Crippen molar-refractivity contribution >= 4 is 17.3 Å². The van der Waals surface area contributed by atoms with E-state index in [1.807, 2.05) is 6.07 Å². The maximum Gasteiger partial charge on any atom is 0.0640 e. The normalized spacial score (nSPS) is 28.1. The van der Waals surface area contributed by atoms with Crippen LogP contribution in [0.5, 0.6) is 0 Å². The lowest BCUT2D eigenvalue weighted by molar-refractivity contribution is 0.303. The average molecular weight is 264 g/mol. The summed E-state index contributed by atoms with van der Waals surface area (Å²) >= 11 is 6.30. The molecule has 1 aromatic rings. The predicted octanol–water partition coefficient (Wildman–Crippen LogP) is 5.03. The van der Waals surface area contributed by atoms with Crippen molar-refractivity contribution in [3.63, 3.8) is 0 Å². The standard InChI is InChI=1S/C16H22ClN/c1-11-5-8-16(15(17)9-11)18-14-4-2-3-13(10-14)12-6-7-12/h5,8-9,12-14,18H,2-4,6-7,10H2,1H3. The highest BCUT2D eigenvalue weighted by molar-refractivity contribution is 6.33. The summed E-state index contributed by atoms with van der Waals surface area (Å²) in [7, 11) is 0. The summed E-state index contributed by atoms with van der Waals surface area (Å²) in [6.07, 6.45) is 8.42. The molecular weight excluding hydrogens is 242 g/mol. The van der Waals surface area contributed by atoms with Crippen molar-refractivity contribution in [1.29, 1.82) is 0 Å². The summed E-state index contributed by atoms with van der Waals surface area (Å²) in [6.45, 7) is 2.08. The summed E-state index contributed by atoms with van der Waals surface area (Å²) in [5.41, 5.74) is 2.34. The third kappa shape index (κ3) is 2.83. The zero-order valence-electron chi connectivity index (χ0n) is 11.1. The minimum Gasteiger partial charge on any atom is -0.381 e. The van der Waals surface area contributed by atoms with Crippen LogP contribution in [0.25, 0.3) is 0 Å². The van der Waals surface area contributed by atoms with Crippen LogP contribution in [0.4, 0.5) is 5.69 Å². The van der Waals surface area contributed by atoms with E-state index < -0.39 is 0 Å². The topological polar surface area (TPSA) is 12.0 Å². The lowest BCUT2D eigenvalue weighted by atomic mass is 9.82. The lowest BCUT2D eigenvalue weighted by Crippen LogP contribution is -2.28. The van der Waals surface area contributed by atoms with Gasteiger partial charge in [-0.3, -0.25) is 0 Å². The Morgan fingerprint density at radius 3 is 2.67 bits per heavy atom. The molecule has 1 N–H and O–H groups in total. The fourth-order valence-electron chi connectivity index (χ4n) is 3.31. The van der Waals surface area contributed by atoms with Gasteiger partial charge in [0.15, 0.2) is 0 Å². The molecule has 0 spiro atoms. The summed E-state index contributed by atoms with van der Waals surface area (Å²) in [6, 6.07) is 6.93. The van der Waals surface area contributed by atoms with Gasteiger partial charge in [0.1, 0.15) is 0 Å². The monoisotopic (exact) mass is 263 g/mol. The van der Waals surface area contributed by atoms with Crippen LogP contribution in [-0.4, -0.2) is 6.04 Å². The molecule has 1 aromatic carbocycles. The molecule has 2 unspecified atom stereocenters. The fraction of sp³-hybridized carbons (Fsp3) is 0.625. The molecule has 0 aromatic heterocycles. The molecule has 2 aliphatic carbocycles. The van der Waals surface area contributed by atoms with Gasteiger partial charge in [-0.1, -0.05) is 30.5 Å². The van der Waals surface area contributed by atoms with Crippen LogP contribution in [-0.2, 0) is 0 Å². The Morgan fingerprint density at radius 1 is 1.11 bits per heavy atom. The number of hydrogen-bond acceptors (Lipinski definition) is 1. The van der Waals surface area contributed by atoms with E-state index >= 15 is 0 Å². The molecule has 0 heterocycles. The van der Waals surface area contributed by atoms with E-state index in [1.54, 1.807) is 0 Å². The van der Waals surface area contributed by atoms with Crippen molar-refractivity contribution in [2.75, 3.05) is 5.32 Å². The van der Waals surface area contributed by atoms with Crippen LogP contribution in [0, 0.1) is 18.8 Å². The third-order valence-electron chi connectivity index (χ3n) is 4.49. The Hall–Kier alpha value is -0.690. The van der Waals surface area contributed by atoms with Crippen molar-refractivity contribution in [1.82, 2.24) is 0 Å². The number of aryl methyl sites for hydroxylation is 1. The quantitative estimate of drug-likeness (QED) is 0.807. The van der Waals surface area contributed by atoms with Crippen LogP contribution in [0.2, 0.25) is 5.02 Å². The molecule has 3 rings (SSSR count). The number of hydrogen-bond donors (Lipinski definition) is 1. The molecule has 0 aliphatic heterocycles. The molecule has 2 atom stereocenters. The largest absolute Gasteiger partial charge is 0.381 e. The number of halogens is 1. The van der Waals surface area contributed by atoms with E-state index in [4.69, 9.17) is 11.6 Å². The number of benzene rings is 1. The Morgan fingerprint density at radius 2 is 1.94 bits per heavy atom. The SMILES string of the molecule is Cc1ccc(NC2CCCC(C3CC3)C2)c(Cl)c1. The van der Waals surface area contributed by atoms with Crippen molar-refractivity contribution in [3.05, 3.63) is 28.8 Å². The van der Waals surface area contributed by atoms with E-state index in [9.17, 15) is 0 Å². The molecule has 0 bridgehead atoms. The van der Waals surface area contributed by atoms with Crippen molar-refractivity contribution in [3.8, 4) is 0 Å².